The van der Waals surface area contributed by atoms with E-state index >= 15 is 0 Å². The smallest absolute Gasteiger partial charge is 0.381 e. The van der Waals surface area contributed by atoms with Crippen molar-refractivity contribution >= 4 is 18.2 Å². The number of aryl methyl sites for hydroxylation is 2. The van der Waals surface area contributed by atoms with Crippen LogP contribution in [0.25, 0.3) is 18.2 Å². The van der Waals surface area contributed by atoms with Crippen LogP contribution in [0.15, 0.2) is 23.1 Å². The highest BCUT2D eigenvalue weighted by atomic mass is 19.4. The first kappa shape index (κ1) is 25.0. The Hall–Kier alpha value is -2.65. The highest BCUT2D eigenvalue weighted by molar-refractivity contribution is 5.69. The number of allylic oxidation sites excluding steroid dienone is 2. The molecule has 0 bridgehead atoms. The first-order valence-electron chi connectivity index (χ1n) is 10.8. The summed E-state index contributed by atoms with van der Waals surface area (Å²) in [6.07, 6.45) is 2.96. The molecule has 0 aromatic carbocycles. The number of imidazole rings is 1. The zero-order valence-electron chi connectivity index (χ0n) is 19.4. The molecule has 0 amide bonds. The first-order chi connectivity index (χ1) is 15.5. The van der Waals surface area contributed by atoms with E-state index in [0.717, 1.165) is 29.8 Å². The van der Waals surface area contributed by atoms with Crippen molar-refractivity contribution in [2.24, 2.45) is 7.05 Å². The number of halogens is 3. The van der Waals surface area contributed by atoms with Crippen LogP contribution in [-0.2, 0) is 23.1 Å². The van der Waals surface area contributed by atoms with Crippen LogP contribution < -0.4 is 16.3 Å². The molecule has 3 rings (SSSR count). The fourth-order valence-corrected chi connectivity index (χ4v) is 3.93. The summed E-state index contributed by atoms with van der Waals surface area (Å²) in [5, 5.41) is 1.28. The third-order valence-corrected chi connectivity index (χ3v) is 5.96. The Balaban J connectivity index is 1.89. The van der Waals surface area contributed by atoms with Gasteiger partial charge in [0.05, 0.1) is 23.4 Å². The molecule has 2 aromatic rings. The predicted octanol–water partition coefficient (Wildman–Crippen LogP) is 2.66. The minimum Gasteiger partial charge on any atom is -0.381 e. The van der Waals surface area contributed by atoms with E-state index in [2.05, 4.69) is 6.58 Å². The van der Waals surface area contributed by atoms with Crippen molar-refractivity contribution in [3.05, 3.63) is 56.3 Å². The summed E-state index contributed by atoms with van der Waals surface area (Å²) >= 11 is 0. The summed E-state index contributed by atoms with van der Waals surface area (Å²) < 4.78 is 50.8. The molecule has 6 nitrogen and oxygen atoms in total. The number of pyridine rings is 1. The average molecular weight is 466 g/mol. The van der Waals surface area contributed by atoms with E-state index < -0.39 is 12.8 Å². The van der Waals surface area contributed by atoms with Gasteiger partial charge in [0.25, 0.3) is 5.56 Å². The molecule has 0 spiro atoms. The maximum absolute atomic E-state index is 12.4. The third kappa shape index (κ3) is 6.03. The van der Waals surface area contributed by atoms with Crippen molar-refractivity contribution in [2.75, 3.05) is 20.3 Å². The van der Waals surface area contributed by atoms with E-state index in [4.69, 9.17) is 14.5 Å². The number of rotatable bonds is 8. The summed E-state index contributed by atoms with van der Waals surface area (Å²) in [7, 11) is 3.38. The lowest BCUT2D eigenvalue weighted by atomic mass is 9.81. The molecule has 0 atom stereocenters. The lowest BCUT2D eigenvalue weighted by molar-refractivity contribution is -0.174. The Labute approximate surface area is 190 Å². The monoisotopic (exact) mass is 465 g/mol. The van der Waals surface area contributed by atoms with Crippen molar-refractivity contribution in [2.45, 2.75) is 51.4 Å². The van der Waals surface area contributed by atoms with Crippen LogP contribution >= 0.6 is 0 Å². The Bertz CT molecular complexity index is 1160. The van der Waals surface area contributed by atoms with Gasteiger partial charge in [0.1, 0.15) is 12.4 Å². The van der Waals surface area contributed by atoms with Crippen LogP contribution in [0.4, 0.5) is 13.2 Å². The summed E-state index contributed by atoms with van der Waals surface area (Å²) in [6.45, 7) is 6.71. The van der Waals surface area contributed by atoms with E-state index in [0.29, 0.717) is 16.3 Å². The summed E-state index contributed by atoms with van der Waals surface area (Å²) in [4.78, 5) is 16.7. The Kier molecular flexibility index (Phi) is 7.64. The molecule has 33 heavy (non-hydrogen) atoms. The van der Waals surface area contributed by atoms with Gasteiger partial charge in [-0.1, -0.05) is 12.7 Å². The third-order valence-electron chi connectivity index (χ3n) is 5.96. The maximum Gasteiger partial charge on any atom is 0.411 e. The normalized spacial score (nSPS) is 19.7. The molecule has 0 saturated heterocycles. The second-order valence-electron chi connectivity index (χ2n) is 8.49. The number of methoxy groups -OCH3 is 1. The standard InChI is InChI=1S/C24H30F3N3O3/c1-15(19-10-16(2)23(31)29(4)13-19)6-7-21-17(3)30(8-9-33-14-24(25,26)27)22(28-21)18-11-20(12-18)32-5/h6-7,10,13,18,20H,3,8-9,11-12,14H2,1-2,4-5H3/b15-6+,21-7+/t18-,20-. The number of aromatic nitrogens is 3. The van der Waals surface area contributed by atoms with Gasteiger partial charge < -0.3 is 18.6 Å². The second-order valence-corrected chi connectivity index (χ2v) is 8.49. The second kappa shape index (κ2) is 10.1. The number of alkyl halides is 3. The van der Waals surface area contributed by atoms with Crippen molar-refractivity contribution in [3.8, 4) is 0 Å². The molecule has 1 aliphatic rings. The van der Waals surface area contributed by atoms with E-state index in [-0.39, 0.29) is 30.7 Å². The van der Waals surface area contributed by atoms with Gasteiger partial charge in [0.15, 0.2) is 0 Å². The molecule has 1 aliphatic carbocycles. The molecule has 1 saturated carbocycles. The lowest BCUT2D eigenvalue weighted by Crippen LogP contribution is -2.33. The van der Waals surface area contributed by atoms with Crippen LogP contribution in [0.3, 0.4) is 0 Å². The maximum atomic E-state index is 12.4. The fraction of sp³-hybridized carbons (Fsp3) is 0.500. The van der Waals surface area contributed by atoms with Crippen molar-refractivity contribution in [1.82, 2.24) is 14.1 Å². The molecule has 0 aliphatic heterocycles. The summed E-state index contributed by atoms with van der Waals surface area (Å²) in [5.41, 5.74) is 2.48. The number of hydrogen-bond donors (Lipinski definition) is 0. The van der Waals surface area contributed by atoms with Gasteiger partial charge in [0.2, 0.25) is 0 Å². The van der Waals surface area contributed by atoms with Gasteiger partial charge in [-0.15, -0.1) is 0 Å². The molecule has 0 radical (unpaired) electrons. The molecule has 0 N–H and O–H groups in total. The van der Waals surface area contributed by atoms with Crippen molar-refractivity contribution < 1.29 is 22.6 Å². The minimum absolute atomic E-state index is 0.0402. The Morgan fingerprint density at radius 1 is 1.36 bits per heavy atom. The van der Waals surface area contributed by atoms with Gasteiger partial charge in [0, 0.05) is 38.4 Å². The first-order valence-corrected chi connectivity index (χ1v) is 10.8. The van der Waals surface area contributed by atoms with Crippen LogP contribution in [0, 0.1) is 6.92 Å². The van der Waals surface area contributed by atoms with Crippen molar-refractivity contribution in [1.29, 1.82) is 0 Å². The number of hydrogen-bond acceptors (Lipinski definition) is 4. The molecule has 1 fully saturated rings. The zero-order valence-corrected chi connectivity index (χ0v) is 19.4. The molecular weight excluding hydrogens is 435 g/mol. The molecular formula is C24H30F3N3O3. The highest BCUT2D eigenvalue weighted by Crippen LogP contribution is 2.36. The van der Waals surface area contributed by atoms with Gasteiger partial charge >= 0.3 is 6.18 Å². The average Bonchev–Trinajstić information content (AvgIpc) is 3.01. The SMILES string of the molecule is C=c1/c(=C\C=C(/C)c2cc(C)c(=O)n(C)c2)nc([C@H]2C[C@H](OC)C2)n1CCOCC(F)(F)F. The highest BCUT2D eigenvalue weighted by Gasteiger charge is 2.33. The van der Waals surface area contributed by atoms with E-state index in [1.165, 1.54) is 0 Å². The van der Waals surface area contributed by atoms with Crippen LogP contribution in [0.2, 0.25) is 0 Å². The number of ether oxygens (including phenoxy) is 2. The lowest BCUT2D eigenvalue weighted by Gasteiger charge is -2.33. The van der Waals surface area contributed by atoms with Gasteiger partial charge in [-0.05, 0) is 50.0 Å². The summed E-state index contributed by atoms with van der Waals surface area (Å²) in [5.74, 6) is 0.954. The van der Waals surface area contributed by atoms with Crippen molar-refractivity contribution in [3.63, 3.8) is 0 Å². The molecule has 2 heterocycles. The summed E-state index contributed by atoms with van der Waals surface area (Å²) in [6, 6.07) is 1.84. The Morgan fingerprint density at radius 2 is 2.06 bits per heavy atom. The van der Waals surface area contributed by atoms with Crippen LogP contribution in [0.5, 0.6) is 0 Å². The van der Waals surface area contributed by atoms with Gasteiger partial charge in [-0.25, -0.2) is 4.98 Å². The molecule has 180 valence electrons. The minimum atomic E-state index is -4.36. The number of nitrogens with zero attached hydrogens (tertiary/aromatic N) is 3. The van der Waals surface area contributed by atoms with E-state index in [1.807, 2.05) is 29.7 Å². The molecule has 2 aromatic heterocycles. The quantitative estimate of drug-likeness (QED) is 0.563. The largest absolute Gasteiger partial charge is 0.411 e. The van der Waals surface area contributed by atoms with Crippen LogP contribution in [0.1, 0.15) is 42.6 Å². The molecule has 9 heteroatoms. The van der Waals surface area contributed by atoms with E-state index in [9.17, 15) is 18.0 Å². The predicted molar refractivity (Wildman–Crippen MR) is 121 cm³/mol. The van der Waals surface area contributed by atoms with Gasteiger partial charge in [-0.3, -0.25) is 4.79 Å². The van der Waals surface area contributed by atoms with Gasteiger partial charge in [-0.2, -0.15) is 13.2 Å². The fourth-order valence-electron chi connectivity index (χ4n) is 3.93. The molecule has 0 unspecified atom stereocenters. The van der Waals surface area contributed by atoms with E-state index in [1.54, 1.807) is 31.8 Å². The zero-order chi connectivity index (χ0) is 24.3. The topological polar surface area (TPSA) is 58.3 Å². The van der Waals surface area contributed by atoms with Crippen LogP contribution in [-0.4, -0.2) is 46.7 Å². The Morgan fingerprint density at radius 3 is 2.67 bits per heavy atom.